The maximum absolute atomic E-state index is 14.4. The Balaban J connectivity index is 0.672. The van der Waals surface area contributed by atoms with E-state index in [4.69, 9.17) is 0 Å². The van der Waals surface area contributed by atoms with Crippen LogP contribution in [0.15, 0.2) is 243 Å². The number of benzene rings is 12. The SMILES string of the molecule is CC1(C)c2cc(C=Cc3ccc4c(c3)C(C)(C)c3cc(N(c5ccc(F)cc5)c5cccc6ccccc56)ccc3-4)ccc2-c2ccc(C=Cc3ccc4c(c3)C(C)(C)c3cc(N(c5ccc(F)cc5)c5cccc6ccccc56)ccc3-4)cc21. The molecule has 0 radical (unpaired) electrons. The summed E-state index contributed by atoms with van der Waals surface area (Å²) in [6.45, 7) is 14.0. The Morgan fingerprint density at radius 3 is 0.871 bits per heavy atom. The van der Waals surface area contributed by atoms with Crippen molar-refractivity contribution < 1.29 is 8.78 Å². The molecule has 0 N–H and O–H groups in total. The van der Waals surface area contributed by atoms with E-state index in [1.165, 1.54) is 77.9 Å². The van der Waals surface area contributed by atoms with Crippen LogP contribution in [0.1, 0.15) is 97.2 Å². The summed E-state index contributed by atoms with van der Waals surface area (Å²) in [6, 6.07) is 84.6. The van der Waals surface area contributed by atoms with Crippen LogP contribution in [0.5, 0.6) is 0 Å². The molecule has 3 aliphatic rings. The van der Waals surface area contributed by atoms with Gasteiger partial charge in [-0.05, 0) is 185 Å². The van der Waals surface area contributed by atoms with Crippen LogP contribution in [-0.2, 0) is 16.2 Å². The Morgan fingerprint density at radius 1 is 0.271 bits per heavy atom. The number of nitrogens with zero attached hydrogens (tertiary/aromatic N) is 2. The van der Waals surface area contributed by atoms with Crippen LogP contribution in [0, 0.1) is 11.6 Å². The molecule has 0 aliphatic heterocycles. The second kappa shape index (κ2) is 19.6. The van der Waals surface area contributed by atoms with Gasteiger partial charge in [-0.15, -0.1) is 0 Å². The third-order valence-electron chi connectivity index (χ3n) is 18.7. The molecule has 0 fully saturated rings. The molecule has 4 heteroatoms. The molecule has 0 spiro atoms. The van der Waals surface area contributed by atoms with E-state index in [0.29, 0.717) is 0 Å². The molecule has 0 saturated heterocycles. The summed E-state index contributed by atoms with van der Waals surface area (Å²) >= 11 is 0. The van der Waals surface area contributed by atoms with Gasteiger partial charge in [-0.25, -0.2) is 8.78 Å². The minimum Gasteiger partial charge on any atom is -0.310 e. The molecular weight excluding hydrogens is 1040 g/mol. The van der Waals surface area contributed by atoms with E-state index in [0.717, 1.165) is 66.8 Å². The predicted molar refractivity (Wildman–Crippen MR) is 354 cm³/mol. The lowest BCUT2D eigenvalue weighted by molar-refractivity contribution is 0.627. The molecule has 0 amide bonds. The average molecular weight is 1100 g/mol. The van der Waals surface area contributed by atoms with Crippen molar-refractivity contribution in [2.45, 2.75) is 57.8 Å². The fourth-order valence-electron chi connectivity index (χ4n) is 14.2. The molecular formula is C81H62F2N2. The van der Waals surface area contributed by atoms with E-state index in [1.807, 2.05) is 24.3 Å². The zero-order chi connectivity index (χ0) is 57.9. The van der Waals surface area contributed by atoms with E-state index >= 15 is 0 Å². The van der Waals surface area contributed by atoms with E-state index in [-0.39, 0.29) is 27.9 Å². The minimum absolute atomic E-state index is 0.192. The highest BCUT2D eigenvalue weighted by Gasteiger charge is 2.39. The Kier molecular flexibility index (Phi) is 12.0. The van der Waals surface area contributed by atoms with Gasteiger partial charge >= 0.3 is 0 Å². The third-order valence-corrected chi connectivity index (χ3v) is 18.7. The number of fused-ring (bicyclic) bond motifs is 11. The minimum atomic E-state index is -0.261. The second-order valence-electron chi connectivity index (χ2n) is 24.8. The predicted octanol–water partition coefficient (Wildman–Crippen LogP) is 22.5. The van der Waals surface area contributed by atoms with Gasteiger partial charge in [0.25, 0.3) is 0 Å². The van der Waals surface area contributed by atoms with Crippen LogP contribution in [0.4, 0.5) is 42.9 Å². The van der Waals surface area contributed by atoms with Gasteiger partial charge in [-0.1, -0.05) is 224 Å². The first-order valence-electron chi connectivity index (χ1n) is 29.5. The van der Waals surface area contributed by atoms with Crippen LogP contribution >= 0.6 is 0 Å². The number of hydrogen-bond donors (Lipinski definition) is 0. The number of hydrogen-bond acceptors (Lipinski definition) is 2. The maximum Gasteiger partial charge on any atom is 0.123 e. The summed E-state index contributed by atoms with van der Waals surface area (Å²) in [5.41, 5.74) is 25.4. The van der Waals surface area contributed by atoms with Crippen LogP contribution < -0.4 is 9.80 Å². The molecule has 3 aliphatic carbocycles. The molecule has 12 aromatic carbocycles. The van der Waals surface area contributed by atoms with E-state index in [1.54, 1.807) is 24.3 Å². The summed E-state index contributed by atoms with van der Waals surface area (Å²) in [7, 11) is 0. The van der Waals surface area contributed by atoms with Crippen molar-refractivity contribution in [2.24, 2.45) is 0 Å². The van der Waals surface area contributed by atoms with Gasteiger partial charge in [0, 0.05) is 49.8 Å². The normalized spacial score (nSPS) is 14.5. The lowest BCUT2D eigenvalue weighted by Gasteiger charge is -2.29. The van der Waals surface area contributed by atoms with Gasteiger partial charge in [-0.2, -0.15) is 0 Å². The second-order valence-corrected chi connectivity index (χ2v) is 24.8. The van der Waals surface area contributed by atoms with Crippen molar-refractivity contribution >= 4 is 80.0 Å². The highest BCUT2D eigenvalue weighted by molar-refractivity contribution is 6.01. The van der Waals surface area contributed by atoms with E-state index in [2.05, 4.69) is 270 Å². The zero-order valence-electron chi connectivity index (χ0n) is 48.6. The van der Waals surface area contributed by atoms with Gasteiger partial charge in [0.2, 0.25) is 0 Å². The van der Waals surface area contributed by atoms with Gasteiger partial charge in [-0.3, -0.25) is 0 Å². The first-order chi connectivity index (χ1) is 41.2. The van der Waals surface area contributed by atoms with Crippen molar-refractivity contribution in [3.8, 4) is 33.4 Å². The Bertz CT molecular complexity index is 4460. The maximum atomic E-state index is 14.4. The zero-order valence-corrected chi connectivity index (χ0v) is 48.6. The molecule has 410 valence electrons. The smallest absolute Gasteiger partial charge is 0.123 e. The number of halogens is 2. The Morgan fingerprint density at radius 2 is 0.541 bits per heavy atom. The fourth-order valence-corrected chi connectivity index (χ4v) is 14.2. The topological polar surface area (TPSA) is 6.48 Å². The molecule has 15 rings (SSSR count). The molecule has 12 aromatic rings. The van der Waals surface area contributed by atoms with Crippen molar-refractivity contribution in [1.82, 2.24) is 0 Å². The Hall–Kier alpha value is -9.90. The molecule has 85 heavy (non-hydrogen) atoms. The molecule has 2 nitrogen and oxygen atoms in total. The van der Waals surface area contributed by atoms with Crippen molar-refractivity contribution in [3.63, 3.8) is 0 Å². The molecule has 0 bridgehead atoms. The Labute approximate surface area is 497 Å². The highest BCUT2D eigenvalue weighted by atomic mass is 19.1. The lowest BCUT2D eigenvalue weighted by atomic mass is 9.81. The first kappa shape index (κ1) is 51.9. The van der Waals surface area contributed by atoms with Crippen molar-refractivity contribution in [1.29, 1.82) is 0 Å². The van der Waals surface area contributed by atoms with Crippen LogP contribution in [0.3, 0.4) is 0 Å². The van der Waals surface area contributed by atoms with Gasteiger partial charge in [0.1, 0.15) is 11.6 Å². The lowest BCUT2D eigenvalue weighted by Crippen LogP contribution is -2.17. The number of anilines is 6. The molecule has 0 atom stereocenters. The molecule has 0 heterocycles. The summed E-state index contributed by atoms with van der Waals surface area (Å²) in [5.74, 6) is -0.510. The molecule has 0 unspecified atom stereocenters. The summed E-state index contributed by atoms with van der Waals surface area (Å²) in [5, 5.41) is 4.58. The van der Waals surface area contributed by atoms with Gasteiger partial charge in [0.05, 0.1) is 11.4 Å². The highest BCUT2D eigenvalue weighted by Crippen LogP contribution is 2.54. The summed E-state index contributed by atoms with van der Waals surface area (Å²) in [4.78, 5) is 4.52. The van der Waals surface area contributed by atoms with Crippen LogP contribution in [0.2, 0.25) is 0 Å². The third kappa shape index (κ3) is 8.56. The standard InChI is InChI=1S/C81H62F2N2/c1-79(2)71-45-51(21-23-53-27-41-67-69-43-37-61(49-75(69)80(3,4)73(67)47-53)84(59-33-29-57(82)30-34-59)77-19-11-15-55-13-7-9-17-63(55)77)25-39-65(71)66-40-26-52(46-72(66)79)22-24-54-28-42-68-70-44-38-62(50-76(70)81(5,6)74(68)48-54)85(60-35-31-58(83)32-36-60)78-20-12-16-56-14-8-10-18-64(56)78/h7-50H,1-6H3. The largest absolute Gasteiger partial charge is 0.310 e. The first-order valence-corrected chi connectivity index (χ1v) is 29.5. The van der Waals surface area contributed by atoms with Crippen LogP contribution in [0.25, 0.3) is 79.2 Å². The van der Waals surface area contributed by atoms with Crippen molar-refractivity contribution in [2.75, 3.05) is 9.80 Å². The average Bonchev–Trinajstić information content (AvgIpc) is 3.62. The van der Waals surface area contributed by atoms with E-state index < -0.39 is 0 Å². The van der Waals surface area contributed by atoms with E-state index in [9.17, 15) is 8.78 Å². The van der Waals surface area contributed by atoms with Gasteiger partial charge in [0.15, 0.2) is 0 Å². The monoisotopic (exact) mass is 1100 g/mol. The quantitative estimate of drug-likeness (QED) is 0.126. The summed E-state index contributed by atoms with van der Waals surface area (Å²) < 4.78 is 28.7. The molecule has 0 aromatic heterocycles. The number of rotatable bonds is 10. The van der Waals surface area contributed by atoms with Gasteiger partial charge < -0.3 is 9.80 Å². The van der Waals surface area contributed by atoms with Crippen LogP contribution in [-0.4, -0.2) is 0 Å². The fraction of sp³-hybridized carbons (Fsp3) is 0.111. The molecule has 0 saturated carbocycles. The van der Waals surface area contributed by atoms with Crippen molar-refractivity contribution in [3.05, 3.63) is 310 Å². The summed E-state index contributed by atoms with van der Waals surface area (Å²) in [6.07, 6.45) is 9.04.